The molecule has 0 aliphatic heterocycles. The van der Waals surface area contributed by atoms with E-state index in [0.717, 1.165) is 24.3 Å². The number of nitrogens with two attached hydrogens (primary N) is 1. The van der Waals surface area contributed by atoms with E-state index in [1.807, 2.05) is 0 Å². The first-order valence-electron chi connectivity index (χ1n) is 7.98. The van der Waals surface area contributed by atoms with Gasteiger partial charge in [-0.05, 0) is 35.9 Å². The van der Waals surface area contributed by atoms with Crippen molar-refractivity contribution in [3.8, 4) is 33.9 Å². The number of pyridine rings is 1. The number of alkyl halides is 6. The summed E-state index contributed by atoms with van der Waals surface area (Å²) in [5.41, 5.74) is 7.01. The summed E-state index contributed by atoms with van der Waals surface area (Å²) in [4.78, 5) is 4.14. The summed E-state index contributed by atoms with van der Waals surface area (Å²) in [6, 6.07) is 11.6. The number of nitrogen functional groups attached to an aromatic ring is 1. The van der Waals surface area contributed by atoms with Crippen molar-refractivity contribution in [3.63, 3.8) is 0 Å². The van der Waals surface area contributed by atoms with Crippen molar-refractivity contribution in [1.29, 1.82) is 0 Å². The number of nitrogens with zero attached hydrogens (tertiary/aromatic N) is 1. The highest BCUT2D eigenvalue weighted by Crippen LogP contribution is 2.36. The molecule has 0 radical (unpaired) electrons. The Bertz CT molecular complexity index is 1020. The second-order valence-corrected chi connectivity index (χ2v) is 5.82. The minimum absolute atomic E-state index is 0.205. The number of anilines is 1. The van der Waals surface area contributed by atoms with Crippen LogP contribution < -0.4 is 15.2 Å². The number of benzene rings is 2. The lowest BCUT2D eigenvalue weighted by atomic mass is 9.98. The predicted molar refractivity (Wildman–Crippen MR) is 92.9 cm³/mol. The summed E-state index contributed by atoms with van der Waals surface area (Å²) in [5.74, 6) is -0.925. The standard InChI is InChI=1S/C19H12F6N2O2/c20-18(21,22)28-14-5-1-3-11(7-14)16-9-13(26)10-27-17(16)12-4-2-6-15(8-12)29-19(23,24)25/h1-10H,26H2. The first-order chi connectivity index (χ1) is 13.5. The molecule has 29 heavy (non-hydrogen) atoms. The average molecular weight is 414 g/mol. The van der Waals surface area contributed by atoms with E-state index < -0.39 is 24.2 Å². The number of hydrogen-bond donors (Lipinski definition) is 1. The van der Waals surface area contributed by atoms with Crippen LogP contribution in [0.25, 0.3) is 22.4 Å². The van der Waals surface area contributed by atoms with Gasteiger partial charge in [-0.3, -0.25) is 4.98 Å². The van der Waals surface area contributed by atoms with Gasteiger partial charge in [-0.2, -0.15) is 0 Å². The van der Waals surface area contributed by atoms with E-state index >= 15 is 0 Å². The summed E-state index contributed by atoms with van der Waals surface area (Å²) < 4.78 is 82.8. The Hall–Kier alpha value is -3.43. The van der Waals surface area contributed by atoms with E-state index in [1.165, 1.54) is 36.5 Å². The SMILES string of the molecule is Nc1cnc(-c2cccc(OC(F)(F)F)c2)c(-c2cccc(OC(F)(F)F)c2)c1. The normalized spacial score (nSPS) is 11.9. The molecule has 0 spiro atoms. The topological polar surface area (TPSA) is 57.4 Å². The molecule has 0 unspecified atom stereocenters. The average Bonchev–Trinajstić information content (AvgIpc) is 2.59. The third-order valence-electron chi connectivity index (χ3n) is 3.63. The number of hydrogen-bond acceptors (Lipinski definition) is 4. The largest absolute Gasteiger partial charge is 0.573 e. The quantitative estimate of drug-likeness (QED) is 0.549. The van der Waals surface area contributed by atoms with Crippen molar-refractivity contribution in [3.05, 3.63) is 60.8 Å². The molecule has 1 heterocycles. The van der Waals surface area contributed by atoms with Crippen molar-refractivity contribution in [2.45, 2.75) is 12.7 Å². The lowest BCUT2D eigenvalue weighted by Crippen LogP contribution is -2.17. The molecule has 2 N–H and O–H groups in total. The van der Waals surface area contributed by atoms with Crippen LogP contribution in [0.5, 0.6) is 11.5 Å². The minimum atomic E-state index is -4.88. The molecule has 3 aromatic rings. The summed E-state index contributed by atoms with van der Waals surface area (Å²) in [6.07, 6.45) is -8.47. The molecule has 0 aliphatic rings. The van der Waals surface area contributed by atoms with Crippen molar-refractivity contribution >= 4 is 5.69 Å². The fourth-order valence-corrected chi connectivity index (χ4v) is 2.63. The van der Waals surface area contributed by atoms with Gasteiger partial charge < -0.3 is 15.2 Å². The molecule has 2 aromatic carbocycles. The van der Waals surface area contributed by atoms with Crippen molar-refractivity contribution in [2.75, 3.05) is 5.73 Å². The molecule has 0 aliphatic carbocycles. The zero-order chi connectivity index (χ0) is 21.2. The Morgan fingerprint density at radius 3 is 1.79 bits per heavy atom. The van der Waals surface area contributed by atoms with E-state index in [9.17, 15) is 26.3 Å². The Balaban J connectivity index is 2.06. The van der Waals surface area contributed by atoms with Gasteiger partial charge in [0.2, 0.25) is 0 Å². The smallest absolute Gasteiger partial charge is 0.406 e. The number of rotatable bonds is 4. The van der Waals surface area contributed by atoms with Crippen LogP contribution in [0.2, 0.25) is 0 Å². The van der Waals surface area contributed by atoms with Gasteiger partial charge in [-0.1, -0.05) is 24.3 Å². The zero-order valence-corrected chi connectivity index (χ0v) is 14.4. The molecule has 10 heteroatoms. The highest BCUT2D eigenvalue weighted by atomic mass is 19.4. The number of ether oxygens (including phenoxy) is 2. The van der Waals surface area contributed by atoms with Crippen molar-refractivity contribution in [2.24, 2.45) is 0 Å². The third kappa shape index (κ3) is 5.53. The van der Waals surface area contributed by atoms with Crippen LogP contribution >= 0.6 is 0 Å². The van der Waals surface area contributed by atoms with Gasteiger partial charge in [0.25, 0.3) is 0 Å². The van der Waals surface area contributed by atoms with Gasteiger partial charge in [0, 0.05) is 11.1 Å². The minimum Gasteiger partial charge on any atom is -0.406 e. The summed E-state index contributed by atoms with van der Waals surface area (Å²) in [6.45, 7) is 0. The summed E-state index contributed by atoms with van der Waals surface area (Å²) in [5, 5.41) is 0. The van der Waals surface area contributed by atoms with Gasteiger partial charge in [0.05, 0.1) is 17.6 Å². The van der Waals surface area contributed by atoms with Crippen LogP contribution in [0.3, 0.4) is 0 Å². The lowest BCUT2D eigenvalue weighted by Gasteiger charge is -2.14. The van der Waals surface area contributed by atoms with E-state index in [2.05, 4.69) is 14.5 Å². The van der Waals surface area contributed by atoms with Crippen LogP contribution in [0.4, 0.5) is 32.0 Å². The molecule has 0 bridgehead atoms. The molecular weight excluding hydrogens is 402 g/mol. The maximum absolute atomic E-state index is 12.5. The van der Waals surface area contributed by atoms with Crippen molar-refractivity contribution in [1.82, 2.24) is 4.98 Å². The van der Waals surface area contributed by atoms with E-state index in [1.54, 1.807) is 0 Å². The van der Waals surface area contributed by atoms with E-state index in [0.29, 0.717) is 5.56 Å². The molecule has 3 rings (SSSR count). The van der Waals surface area contributed by atoms with Gasteiger partial charge >= 0.3 is 12.7 Å². The third-order valence-corrected chi connectivity index (χ3v) is 3.63. The molecule has 4 nitrogen and oxygen atoms in total. The van der Waals surface area contributed by atoms with Crippen LogP contribution in [0.15, 0.2) is 60.8 Å². The first kappa shape index (κ1) is 20.3. The molecule has 0 fully saturated rings. The number of halogens is 6. The van der Waals surface area contributed by atoms with Crippen LogP contribution in [0, 0.1) is 0 Å². The van der Waals surface area contributed by atoms with Gasteiger partial charge in [0.15, 0.2) is 0 Å². The Kier molecular flexibility index (Phi) is 5.27. The van der Waals surface area contributed by atoms with Gasteiger partial charge in [0.1, 0.15) is 11.5 Å². The van der Waals surface area contributed by atoms with Crippen LogP contribution in [0.1, 0.15) is 0 Å². The Morgan fingerprint density at radius 2 is 1.24 bits per heavy atom. The molecule has 0 saturated heterocycles. The van der Waals surface area contributed by atoms with Gasteiger partial charge in [-0.15, -0.1) is 26.3 Å². The van der Waals surface area contributed by atoms with E-state index in [-0.39, 0.29) is 22.5 Å². The molecule has 0 saturated carbocycles. The van der Waals surface area contributed by atoms with E-state index in [4.69, 9.17) is 5.73 Å². The van der Waals surface area contributed by atoms with Crippen LogP contribution in [-0.4, -0.2) is 17.7 Å². The predicted octanol–water partition coefficient (Wildman–Crippen LogP) is 5.80. The Labute approximate surface area is 160 Å². The molecule has 0 atom stereocenters. The zero-order valence-electron chi connectivity index (χ0n) is 14.4. The Morgan fingerprint density at radius 1 is 0.724 bits per heavy atom. The summed E-state index contributed by atoms with van der Waals surface area (Å²) >= 11 is 0. The molecule has 0 amide bonds. The van der Waals surface area contributed by atoms with Crippen LogP contribution in [-0.2, 0) is 0 Å². The molecule has 152 valence electrons. The maximum Gasteiger partial charge on any atom is 0.573 e. The summed E-state index contributed by atoms with van der Waals surface area (Å²) in [7, 11) is 0. The highest BCUT2D eigenvalue weighted by molar-refractivity contribution is 5.83. The first-order valence-corrected chi connectivity index (χ1v) is 7.98. The fraction of sp³-hybridized carbons (Fsp3) is 0.105. The highest BCUT2D eigenvalue weighted by Gasteiger charge is 2.32. The van der Waals surface area contributed by atoms with Crippen molar-refractivity contribution < 1.29 is 35.8 Å². The monoisotopic (exact) mass is 414 g/mol. The number of aromatic nitrogens is 1. The molecule has 1 aromatic heterocycles. The fourth-order valence-electron chi connectivity index (χ4n) is 2.63. The van der Waals surface area contributed by atoms with Gasteiger partial charge in [-0.25, -0.2) is 0 Å². The second-order valence-electron chi connectivity index (χ2n) is 5.82. The second kappa shape index (κ2) is 7.53. The maximum atomic E-state index is 12.5. The lowest BCUT2D eigenvalue weighted by molar-refractivity contribution is -0.275. The molecular formula is C19H12F6N2O2.